The lowest BCUT2D eigenvalue weighted by Gasteiger charge is -2.36. The van der Waals surface area contributed by atoms with Crippen molar-refractivity contribution in [2.24, 2.45) is 5.92 Å². The lowest BCUT2D eigenvalue weighted by molar-refractivity contribution is -0.137. The van der Waals surface area contributed by atoms with Crippen LogP contribution in [0.3, 0.4) is 0 Å². The van der Waals surface area contributed by atoms with E-state index in [1.165, 1.54) is 12.1 Å². The monoisotopic (exact) mass is 324 g/mol. The molecule has 0 spiro atoms. The van der Waals surface area contributed by atoms with E-state index in [0.29, 0.717) is 17.7 Å². The summed E-state index contributed by atoms with van der Waals surface area (Å²) in [7, 11) is 0. The fourth-order valence-corrected chi connectivity index (χ4v) is 3.57. The van der Waals surface area contributed by atoms with Gasteiger partial charge in [0.15, 0.2) is 0 Å². The van der Waals surface area contributed by atoms with Crippen molar-refractivity contribution in [3.8, 4) is 6.07 Å². The molecule has 3 nitrogen and oxygen atoms in total. The Bertz CT molecular complexity index is 595. The average Bonchev–Trinajstić information content (AvgIpc) is 3.08. The van der Waals surface area contributed by atoms with E-state index in [1.54, 1.807) is 6.07 Å². The number of benzene rings is 1. The minimum Gasteiger partial charge on any atom is -0.378 e. The second-order valence-electron chi connectivity index (χ2n) is 6.22. The van der Waals surface area contributed by atoms with Crippen LogP contribution < -0.4 is 4.90 Å². The Balaban J connectivity index is 1.70. The van der Waals surface area contributed by atoms with Crippen molar-refractivity contribution in [1.82, 2.24) is 0 Å². The largest absolute Gasteiger partial charge is 0.417 e. The van der Waals surface area contributed by atoms with Gasteiger partial charge < -0.3 is 9.64 Å². The van der Waals surface area contributed by atoms with Gasteiger partial charge in [-0.15, -0.1) is 0 Å². The molecule has 1 aromatic rings. The summed E-state index contributed by atoms with van der Waals surface area (Å²) >= 11 is 0. The second kappa shape index (κ2) is 6.40. The molecule has 2 fully saturated rings. The van der Waals surface area contributed by atoms with E-state index in [0.717, 1.165) is 51.4 Å². The molecule has 2 saturated heterocycles. The van der Waals surface area contributed by atoms with Crippen molar-refractivity contribution < 1.29 is 17.9 Å². The predicted octanol–water partition coefficient (Wildman–Crippen LogP) is 3.97. The molecular formula is C17H19F3N2O. The van der Waals surface area contributed by atoms with Crippen LogP contribution in [0.5, 0.6) is 0 Å². The number of nitrogens with zero attached hydrogens (tertiary/aromatic N) is 2. The normalized spacial score (nSPS) is 23.0. The summed E-state index contributed by atoms with van der Waals surface area (Å²) in [4.78, 5) is 2.06. The van der Waals surface area contributed by atoms with Crippen LogP contribution in [0.1, 0.15) is 36.8 Å². The summed E-state index contributed by atoms with van der Waals surface area (Å²) < 4.78 is 44.3. The van der Waals surface area contributed by atoms with Gasteiger partial charge in [0.1, 0.15) is 0 Å². The Labute approximate surface area is 133 Å². The number of hydrogen-bond acceptors (Lipinski definition) is 3. The maximum atomic E-state index is 12.9. The van der Waals surface area contributed by atoms with Crippen LogP contribution in [0.25, 0.3) is 0 Å². The van der Waals surface area contributed by atoms with Gasteiger partial charge >= 0.3 is 6.18 Å². The number of halogens is 3. The highest BCUT2D eigenvalue weighted by atomic mass is 19.4. The van der Waals surface area contributed by atoms with Crippen LogP contribution in [0.2, 0.25) is 0 Å². The number of ether oxygens (including phenoxy) is 1. The molecule has 0 saturated carbocycles. The maximum Gasteiger partial charge on any atom is 0.417 e. The first-order chi connectivity index (χ1) is 11.0. The summed E-state index contributed by atoms with van der Waals surface area (Å²) in [5, 5.41) is 9.01. The Hall–Kier alpha value is -1.74. The minimum absolute atomic E-state index is 0.309. The molecule has 1 unspecified atom stereocenters. The van der Waals surface area contributed by atoms with Gasteiger partial charge in [-0.25, -0.2) is 0 Å². The van der Waals surface area contributed by atoms with Crippen molar-refractivity contribution >= 4 is 5.69 Å². The van der Waals surface area contributed by atoms with Gasteiger partial charge in [-0.05, 0) is 49.8 Å². The highest BCUT2D eigenvalue weighted by Crippen LogP contribution is 2.35. The topological polar surface area (TPSA) is 36.3 Å². The molecule has 0 radical (unpaired) electrons. The number of alkyl halides is 3. The minimum atomic E-state index is -4.49. The van der Waals surface area contributed by atoms with Crippen molar-refractivity contribution in [2.75, 3.05) is 24.6 Å². The molecule has 23 heavy (non-hydrogen) atoms. The Kier molecular flexibility index (Phi) is 4.49. The quantitative estimate of drug-likeness (QED) is 0.826. The fraction of sp³-hybridized carbons (Fsp3) is 0.588. The highest BCUT2D eigenvalue weighted by Gasteiger charge is 2.34. The third-order valence-corrected chi connectivity index (χ3v) is 4.82. The summed E-state index contributed by atoms with van der Waals surface area (Å²) in [6.07, 6.45) is 0.0514. The standard InChI is InChI=1S/C17H19F3N2O/c18-17(19,20)15-4-3-14(10-13(15)11-21)22-7-5-12(6-8-22)16-2-1-9-23-16/h3-4,10,12,16H,1-2,5-9H2. The summed E-state index contributed by atoms with van der Waals surface area (Å²) in [5.41, 5.74) is -0.477. The van der Waals surface area contributed by atoms with Crippen LogP contribution in [0.15, 0.2) is 18.2 Å². The third kappa shape index (κ3) is 3.45. The molecule has 0 bridgehead atoms. The van der Waals surface area contributed by atoms with Gasteiger partial charge in [-0.3, -0.25) is 0 Å². The molecule has 1 atom stereocenters. The van der Waals surface area contributed by atoms with Crippen LogP contribution in [0.4, 0.5) is 18.9 Å². The molecule has 6 heteroatoms. The van der Waals surface area contributed by atoms with Crippen molar-refractivity contribution in [2.45, 2.75) is 38.0 Å². The summed E-state index contributed by atoms with van der Waals surface area (Å²) in [6.45, 7) is 2.43. The van der Waals surface area contributed by atoms with Crippen LogP contribution in [-0.4, -0.2) is 25.8 Å². The molecule has 2 heterocycles. The number of nitriles is 1. The lowest BCUT2D eigenvalue weighted by Crippen LogP contribution is -2.37. The number of piperidine rings is 1. The average molecular weight is 324 g/mol. The number of hydrogen-bond donors (Lipinski definition) is 0. The van der Waals surface area contributed by atoms with E-state index in [9.17, 15) is 13.2 Å². The number of rotatable bonds is 2. The van der Waals surface area contributed by atoms with E-state index in [2.05, 4.69) is 4.90 Å². The van der Waals surface area contributed by atoms with Crippen molar-refractivity contribution in [1.29, 1.82) is 5.26 Å². The summed E-state index contributed by atoms with van der Waals surface area (Å²) in [6, 6.07) is 5.51. The van der Waals surface area contributed by atoms with Crippen molar-refractivity contribution in [3.63, 3.8) is 0 Å². The summed E-state index contributed by atoms with van der Waals surface area (Å²) in [5.74, 6) is 0.540. The molecular weight excluding hydrogens is 305 g/mol. The zero-order chi connectivity index (χ0) is 16.4. The van der Waals surface area contributed by atoms with E-state index in [-0.39, 0.29) is 5.56 Å². The first-order valence-corrected chi connectivity index (χ1v) is 7.97. The molecule has 3 rings (SSSR count). The zero-order valence-corrected chi connectivity index (χ0v) is 12.8. The maximum absolute atomic E-state index is 12.9. The Morgan fingerprint density at radius 3 is 2.48 bits per heavy atom. The van der Waals surface area contributed by atoms with E-state index in [4.69, 9.17) is 10.00 Å². The van der Waals surface area contributed by atoms with Crippen molar-refractivity contribution in [3.05, 3.63) is 29.3 Å². The Morgan fingerprint density at radius 1 is 1.17 bits per heavy atom. The van der Waals surface area contributed by atoms with Crippen LogP contribution in [-0.2, 0) is 10.9 Å². The van der Waals surface area contributed by atoms with E-state index in [1.807, 2.05) is 0 Å². The lowest BCUT2D eigenvalue weighted by atomic mass is 9.89. The van der Waals surface area contributed by atoms with Crippen LogP contribution >= 0.6 is 0 Å². The molecule has 0 amide bonds. The molecule has 0 N–H and O–H groups in total. The van der Waals surface area contributed by atoms with Crippen LogP contribution in [0, 0.1) is 17.2 Å². The van der Waals surface area contributed by atoms with Gasteiger partial charge in [-0.2, -0.15) is 18.4 Å². The van der Waals surface area contributed by atoms with E-state index >= 15 is 0 Å². The Morgan fingerprint density at radius 2 is 1.91 bits per heavy atom. The van der Waals surface area contributed by atoms with Gasteiger partial charge in [0.25, 0.3) is 0 Å². The predicted molar refractivity (Wildman–Crippen MR) is 80.1 cm³/mol. The fourth-order valence-electron chi connectivity index (χ4n) is 3.57. The molecule has 1 aromatic carbocycles. The smallest absolute Gasteiger partial charge is 0.378 e. The molecule has 2 aliphatic heterocycles. The van der Waals surface area contributed by atoms with Gasteiger partial charge in [-0.1, -0.05) is 0 Å². The highest BCUT2D eigenvalue weighted by molar-refractivity contribution is 5.55. The first-order valence-electron chi connectivity index (χ1n) is 7.97. The second-order valence-corrected chi connectivity index (χ2v) is 6.22. The SMILES string of the molecule is N#Cc1cc(N2CCC(C3CCCO3)CC2)ccc1C(F)(F)F. The van der Waals surface area contributed by atoms with E-state index < -0.39 is 11.7 Å². The van der Waals surface area contributed by atoms with Gasteiger partial charge in [0, 0.05) is 25.4 Å². The zero-order valence-electron chi connectivity index (χ0n) is 12.8. The number of anilines is 1. The first kappa shape index (κ1) is 16.1. The molecule has 0 aliphatic carbocycles. The molecule has 2 aliphatic rings. The van der Waals surface area contributed by atoms with Gasteiger partial charge in [0.2, 0.25) is 0 Å². The molecule has 0 aromatic heterocycles. The third-order valence-electron chi connectivity index (χ3n) is 4.82. The van der Waals surface area contributed by atoms with Gasteiger partial charge in [0.05, 0.1) is 23.3 Å². The molecule has 124 valence electrons.